The Labute approximate surface area is 178 Å². The van der Waals surface area contributed by atoms with Crippen molar-refractivity contribution in [1.29, 1.82) is 0 Å². The Morgan fingerprint density at radius 1 is 1.13 bits per heavy atom. The Morgan fingerprint density at radius 2 is 1.93 bits per heavy atom. The van der Waals surface area contributed by atoms with Crippen molar-refractivity contribution in [3.05, 3.63) is 47.4 Å². The van der Waals surface area contributed by atoms with Gasteiger partial charge in [0.1, 0.15) is 23.0 Å². The molecule has 0 aliphatic carbocycles. The molecule has 0 bridgehead atoms. The van der Waals surface area contributed by atoms with Crippen LogP contribution in [0.1, 0.15) is 23.1 Å². The van der Waals surface area contributed by atoms with Crippen LogP contribution in [0.4, 0.5) is 0 Å². The molecule has 1 saturated heterocycles. The van der Waals surface area contributed by atoms with Gasteiger partial charge in [0.05, 0.1) is 33.5 Å². The van der Waals surface area contributed by atoms with E-state index in [2.05, 4.69) is 26.6 Å². The lowest BCUT2D eigenvalue weighted by molar-refractivity contribution is 0.0124. The highest BCUT2D eigenvalue weighted by Crippen LogP contribution is 2.25. The van der Waals surface area contributed by atoms with Gasteiger partial charge in [0.2, 0.25) is 0 Å². The van der Waals surface area contributed by atoms with Gasteiger partial charge in [-0.1, -0.05) is 0 Å². The van der Waals surface area contributed by atoms with Crippen LogP contribution >= 0.6 is 0 Å². The van der Waals surface area contributed by atoms with Crippen molar-refractivity contribution >= 4 is 5.96 Å². The molecule has 0 amide bonds. The summed E-state index contributed by atoms with van der Waals surface area (Å²) in [5.74, 6) is 4.12. The van der Waals surface area contributed by atoms with Gasteiger partial charge in [0, 0.05) is 44.9 Å². The number of methoxy groups -OCH3 is 2. The summed E-state index contributed by atoms with van der Waals surface area (Å²) in [5, 5.41) is 6.79. The molecule has 1 aliphatic heterocycles. The number of hydrogen-bond acceptors (Lipinski definition) is 6. The zero-order chi connectivity index (χ0) is 21.3. The molecule has 1 aliphatic rings. The maximum absolute atomic E-state index is 5.94. The summed E-state index contributed by atoms with van der Waals surface area (Å²) in [6.07, 6.45) is 0. The van der Waals surface area contributed by atoms with E-state index in [1.807, 2.05) is 31.2 Å². The standard InChI is InChI=1S/C22H32N4O4/c1-16-5-8-20(30-16)19(26-9-11-29-12-10-26)15-25-22(23-2)24-14-17-6-7-18(27-3)13-21(17)28-4/h5-8,13,19H,9-12,14-15H2,1-4H3,(H2,23,24,25). The maximum Gasteiger partial charge on any atom is 0.191 e. The van der Waals surface area contributed by atoms with Crippen LogP contribution in [0.5, 0.6) is 11.5 Å². The lowest BCUT2D eigenvalue weighted by Crippen LogP contribution is -2.46. The number of furan rings is 1. The highest BCUT2D eigenvalue weighted by molar-refractivity contribution is 5.79. The van der Waals surface area contributed by atoms with E-state index in [9.17, 15) is 0 Å². The predicted molar refractivity (Wildman–Crippen MR) is 116 cm³/mol. The summed E-state index contributed by atoms with van der Waals surface area (Å²) in [7, 11) is 5.06. The average molecular weight is 417 g/mol. The molecule has 2 heterocycles. The van der Waals surface area contributed by atoms with Gasteiger partial charge in [-0.25, -0.2) is 0 Å². The van der Waals surface area contributed by atoms with Crippen LogP contribution in [0.3, 0.4) is 0 Å². The quantitative estimate of drug-likeness (QED) is 0.505. The van der Waals surface area contributed by atoms with Crippen LogP contribution in [0.15, 0.2) is 39.7 Å². The van der Waals surface area contributed by atoms with Gasteiger partial charge >= 0.3 is 0 Å². The summed E-state index contributed by atoms with van der Waals surface area (Å²) >= 11 is 0. The lowest BCUT2D eigenvalue weighted by Gasteiger charge is -2.33. The third-order valence-electron chi connectivity index (χ3n) is 5.20. The molecule has 164 valence electrons. The smallest absolute Gasteiger partial charge is 0.191 e. The van der Waals surface area contributed by atoms with E-state index in [4.69, 9.17) is 18.6 Å². The molecule has 1 aromatic carbocycles. The molecule has 1 unspecified atom stereocenters. The van der Waals surface area contributed by atoms with Gasteiger partial charge in [0.15, 0.2) is 5.96 Å². The van der Waals surface area contributed by atoms with Crippen molar-refractivity contribution in [2.45, 2.75) is 19.5 Å². The zero-order valence-electron chi connectivity index (χ0n) is 18.2. The van der Waals surface area contributed by atoms with Crippen molar-refractivity contribution in [3.8, 4) is 11.5 Å². The molecule has 0 radical (unpaired) electrons. The largest absolute Gasteiger partial charge is 0.497 e. The number of hydrogen-bond donors (Lipinski definition) is 2. The summed E-state index contributed by atoms with van der Waals surface area (Å²) < 4.78 is 22.2. The van der Waals surface area contributed by atoms with Gasteiger partial charge < -0.3 is 29.3 Å². The Kier molecular flexibility index (Phi) is 7.98. The number of nitrogens with zero attached hydrogens (tertiary/aromatic N) is 2. The van der Waals surface area contributed by atoms with Crippen LogP contribution in [-0.4, -0.2) is 65.0 Å². The summed E-state index contributed by atoms with van der Waals surface area (Å²) in [6.45, 7) is 6.44. The molecule has 3 rings (SSSR count). The van der Waals surface area contributed by atoms with Crippen molar-refractivity contribution < 1.29 is 18.6 Å². The second-order valence-corrected chi connectivity index (χ2v) is 7.10. The summed E-state index contributed by atoms with van der Waals surface area (Å²) in [5.41, 5.74) is 1.02. The minimum absolute atomic E-state index is 0.108. The van der Waals surface area contributed by atoms with Gasteiger partial charge in [-0.3, -0.25) is 9.89 Å². The molecule has 2 N–H and O–H groups in total. The molecular formula is C22H32N4O4. The normalized spacial score (nSPS) is 16.2. The number of rotatable bonds is 8. The number of aliphatic imine (C=N–C) groups is 1. The van der Waals surface area contributed by atoms with Crippen LogP contribution in [0.25, 0.3) is 0 Å². The van der Waals surface area contributed by atoms with Crippen molar-refractivity contribution in [3.63, 3.8) is 0 Å². The molecule has 0 saturated carbocycles. The Morgan fingerprint density at radius 3 is 2.57 bits per heavy atom. The third kappa shape index (κ3) is 5.67. The van der Waals surface area contributed by atoms with Crippen LogP contribution in [-0.2, 0) is 11.3 Å². The van der Waals surface area contributed by atoms with E-state index in [-0.39, 0.29) is 6.04 Å². The van der Waals surface area contributed by atoms with Gasteiger partial charge in [-0.15, -0.1) is 0 Å². The molecule has 8 nitrogen and oxygen atoms in total. The van der Waals surface area contributed by atoms with Gasteiger partial charge in [-0.05, 0) is 31.2 Å². The highest BCUT2D eigenvalue weighted by atomic mass is 16.5. The number of morpholine rings is 1. The van der Waals surface area contributed by atoms with Crippen molar-refractivity contribution in [2.75, 3.05) is 54.1 Å². The van der Waals surface area contributed by atoms with E-state index < -0.39 is 0 Å². The molecule has 1 aromatic heterocycles. The monoisotopic (exact) mass is 416 g/mol. The Balaban J connectivity index is 1.62. The molecule has 8 heteroatoms. The van der Waals surface area contributed by atoms with Crippen molar-refractivity contribution in [1.82, 2.24) is 15.5 Å². The molecule has 1 atom stereocenters. The zero-order valence-corrected chi connectivity index (χ0v) is 18.2. The average Bonchev–Trinajstić information content (AvgIpc) is 3.22. The first kappa shape index (κ1) is 22.0. The third-order valence-corrected chi connectivity index (χ3v) is 5.20. The first-order valence-electron chi connectivity index (χ1n) is 10.2. The molecule has 30 heavy (non-hydrogen) atoms. The van der Waals surface area contributed by atoms with E-state index in [0.717, 1.165) is 60.8 Å². The Hall–Kier alpha value is -2.71. The van der Waals surface area contributed by atoms with E-state index in [0.29, 0.717) is 13.1 Å². The lowest BCUT2D eigenvalue weighted by atomic mass is 10.1. The van der Waals surface area contributed by atoms with E-state index >= 15 is 0 Å². The predicted octanol–water partition coefficient (Wildman–Crippen LogP) is 2.34. The number of aryl methyl sites for hydroxylation is 1. The molecule has 2 aromatic rings. The number of nitrogens with one attached hydrogen (secondary N) is 2. The van der Waals surface area contributed by atoms with Gasteiger partial charge in [0.25, 0.3) is 0 Å². The van der Waals surface area contributed by atoms with E-state index in [1.165, 1.54) is 0 Å². The minimum Gasteiger partial charge on any atom is -0.497 e. The summed E-state index contributed by atoms with van der Waals surface area (Å²) in [4.78, 5) is 6.75. The minimum atomic E-state index is 0.108. The summed E-state index contributed by atoms with van der Waals surface area (Å²) in [6, 6.07) is 9.95. The molecular weight excluding hydrogens is 384 g/mol. The Bertz CT molecular complexity index is 830. The first-order valence-corrected chi connectivity index (χ1v) is 10.2. The fraction of sp³-hybridized carbons (Fsp3) is 0.500. The maximum atomic E-state index is 5.94. The van der Waals surface area contributed by atoms with Crippen LogP contribution in [0.2, 0.25) is 0 Å². The fourth-order valence-corrected chi connectivity index (χ4v) is 3.52. The van der Waals surface area contributed by atoms with Crippen molar-refractivity contribution in [2.24, 2.45) is 4.99 Å². The fourth-order valence-electron chi connectivity index (χ4n) is 3.52. The van der Waals surface area contributed by atoms with Gasteiger partial charge in [-0.2, -0.15) is 0 Å². The second-order valence-electron chi connectivity index (χ2n) is 7.10. The van der Waals surface area contributed by atoms with Crippen LogP contribution < -0.4 is 20.1 Å². The topological polar surface area (TPSA) is 80.5 Å². The number of benzene rings is 1. The second kappa shape index (κ2) is 10.9. The van der Waals surface area contributed by atoms with E-state index in [1.54, 1.807) is 21.3 Å². The van der Waals surface area contributed by atoms with Crippen LogP contribution in [0, 0.1) is 6.92 Å². The highest BCUT2D eigenvalue weighted by Gasteiger charge is 2.25. The SMILES string of the molecule is CN=C(NCc1ccc(OC)cc1OC)NCC(c1ccc(C)o1)N1CCOCC1. The molecule has 1 fully saturated rings. The number of guanidine groups is 1. The number of ether oxygens (including phenoxy) is 3. The first-order chi connectivity index (χ1) is 14.6. The molecule has 0 spiro atoms.